The number of nitrogens with one attached hydrogen (secondary N) is 2. The Labute approximate surface area is 206 Å². The predicted octanol–water partition coefficient (Wildman–Crippen LogP) is 4.27. The number of rotatable bonds is 11. The Balaban J connectivity index is 1.54. The number of amides is 2. The van der Waals surface area contributed by atoms with Crippen LogP contribution in [0.3, 0.4) is 0 Å². The van der Waals surface area contributed by atoms with Crippen LogP contribution in [0.1, 0.15) is 47.6 Å². The zero-order chi connectivity index (χ0) is 25.2. The number of carbonyl (C=O) groups is 4. The van der Waals surface area contributed by atoms with Crippen molar-refractivity contribution in [3.05, 3.63) is 66.1 Å². The van der Waals surface area contributed by atoms with Crippen LogP contribution in [0.4, 0.5) is 5.00 Å². The molecule has 3 rings (SSSR count). The summed E-state index contributed by atoms with van der Waals surface area (Å²) in [6.07, 6.45) is 0.657. The maximum Gasteiger partial charge on any atom is 0.341 e. The van der Waals surface area contributed by atoms with E-state index in [0.29, 0.717) is 11.4 Å². The first kappa shape index (κ1) is 25.7. The smallest absolute Gasteiger partial charge is 0.341 e. The molecule has 0 radical (unpaired) electrons. The molecule has 0 aliphatic heterocycles. The lowest BCUT2D eigenvalue weighted by atomic mass is 10.1. The van der Waals surface area contributed by atoms with Gasteiger partial charge in [-0.2, -0.15) is 0 Å². The van der Waals surface area contributed by atoms with Crippen molar-refractivity contribution in [1.29, 1.82) is 0 Å². The van der Waals surface area contributed by atoms with Gasteiger partial charge in [-0.3, -0.25) is 14.4 Å². The fraction of sp³-hybridized carbons (Fsp3) is 0.280. The molecule has 1 aromatic carbocycles. The first-order chi connectivity index (χ1) is 16.9. The molecular formula is C25H26N2O7S. The van der Waals surface area contributed by atoms with Crippen LogP contribution >= 0.6 is 11.3 Å². The monoisotopic (exact) mass is 498 g/mol. The number of benzene rings is 1. The first-order valence-electron chi connectivity index (χ1n) is 11.1. The van der Waals surface area contributed by atoms with Gasteiger partial charge < -0.3 is 24.5 Å². The zero-order valence-corrected chi connectivity index (χ0v) is 20.2. The molecule has 9 nitrogen and oxygen atoms in total. The van der Waals surface area contributed by atoms with E-state index in [-0.39, 0.29) is 36.8 Å². The van der Waals surface area contributed by atoms with E-state index >= 15 is 0 Å². The molecule has 0 aliphatic carbocycles. The van der Waals surface area contributed by atoms with Crippen LogP contribution in [-0.2, 0) is 19.1 Å². The van der Waals surface area contributed by atoms with Crippen LogP contribution in [0.25, 0.3) is 10.4 Å². The molecule has 2 N–H and O–H groups in total. The van der Waals surface area contributed by atoms with Gasteiger partial charge in [0, 0.05) is 17.8 Å². The van der Waals surface area contributed by atoms with Crippen LogP contribution < -0.4 is 10.6 Å². The molecular weight excluding hydrogens is 472 g/mol. The molecule has 3 aromatic rings. The Morgan fingerprint density at radius 2 is 1.86 bits per heavy atom. The second-order valence-electron chi connectivity index (χ2n) is 7.40. The third-order valence-corrected chi connectivity index (χ3v) is 5.89. The summed E-state index contributed by atoms with van der Waals surface area (Å²) in [6.45, 7) is 3.58. The summed E-state index contributed by atoms with van der Waals surface area (Å²) < 4.78 is 15.3. The number of esters is 2. The molecule has 0 aliphatic rings. The largest absolute Gasteiger partial charge is 0.462 e. The Bertz CT molecular complexity index is 1160. The summed E-state index contributed by atoms with van der Waals surface area (Å²) in [5.74, 6) is -1.90. The molecule has 2 heterocycles. The highest BCUT2D eigenvalue weighted by molar-refractivity contribution is 7.20. The summed E-state index contributed by atoms with van der Waals surface area (Å²) in [5, 5.41) is 5.62. The molecule has 35 heavy (non-hydrogen) atoms. The second-order valence-corrected chi connectivity index (χ2v) is 8.45. The molecule has 0 fully saturated rings. The second kappa shape index (κ2) is 12.5. The topological polar surface area (TPSA) is 124 Å². The Morgan fingerprint density at radius 1 is 1.09 bits per heavy atom. The summed E-state index contributed by atoms with van der Waals surface area (Å²) in [4.78, 5) is 49.8. The van der Waals surface area contributed by atoms with Gasteiger partial charge in [-0.05, 0) is 44.0 Å². The van der Waals surface area contributed by atoms with E-state index in [2.05, 4.69) is 10.6 Å². The number of ether oxygens (including phenoxy) is 2. The van der Waals surface area contributed by atoms with E-state index in [0.717, 1.165) is 10.4 Å². The van der Waals surface area contributed by atoms with Gasteiger partial charge in [0.15, 0.2) is 11.9 Å². The fourth-order valence-corrected chi connectivity index (χ4v) is 4.10. The Hall–Kier alpha value is -3.92. The molecule has 0 bridgehead atoms. The van der Waals surface area contributed by atoms with Crippen LogP contribution in [0, 0.1) is 0 Å². The van der Waals surface area contributed by atoms with Gasteiger partial charge in [-0.25, -0.2) is 4.79 Å². The third kappa shape index (κ3) is 7.28. The highest BCUT2D eigenvalue weighted by Crippen LogP contribution is 2.36. The van der Waals surface area contributed by atoms with E-state index in [1.54, 1.807) is 19.1 Å². The predicted molar refractivity (Wildman–Crippen MR) is 130 cm³/mol. The van der Waals surface area contributed by atoms with Gasteiger partial charge in [0.25, 0.3) is 11.8 Å². The number of carbonyl (C=O) groups excluding carboxylic acids is 4. The van der Waals surface area contributed by atoms with Crippen LogP contribution in [-0.4, -0.2) is 43.0 Å². The van der Waals surface area contributed by atoms with E-state index < -0.39 is 23.9 Å². The minimum absolute atomic E-state index is 0.0152. The average molecular weight is 499 g/mol. The van der Waals surface area contributed by atoms with Crippen molar-refractivity contribution < 1.29 is 33.1 Å². The molecule has 184 valence electrons. The molecule has 1 unspecified atom stereocenters. The third-order valence-electron chi connectivity index (χ3n) is 4.79. The van der Waals surface area contributed by atoms with Crippen LogP contribution in [0.5, 0.6) is 0 Å². The van der Waals surface area contributed by atoms with Crippen molar-refractivity contribution in [2.45, 2.75) is 32.8 Å². The lowest BCUT2D eigenvalue weighted by molar-refractivity contribution is -0.153. The highest BCUT2D eigenvalue weighted by Gasteiger charge is 2.23. The minimum atomic E-state index is -1.09. The molecule has 0 saturated carbocycles. The van der Waals surface area contributed by atoms with Gasteiger partial charge in [0.1, 0.15) is 5.00 Å². The normalized spacial score (nSPS) is 11.4. The quantitative estimate of drug-likeness (QED) is 0.299. The number of anilines is 1. The number of thiophene rings is 1. The van der Waals surface area contributed by atoms with Crippen molar-refractivity contribution in [3.8, 4) is 10.4 Å². The van der Waals surface area contributed by atoms with Crippen molar-refractivity contribution in [2.24, 2.45) is 0 Å². The first-order valence-corrected chi connectivity index (χ1v) is 11.9. The van der Waals surface area contributed by atoms with Gasteiger partial charge in [0.05, 0.1) is 18.4 Å². The summed E-state index contributed by atoms with van der Waals surface area (Å²) in [5.41, 5.74) is 1.12. The van der Waals surface area contributed by atoms with Gasteiger partial charge in [-0.1, -0.05) is 30.3 Å². The number of hydrogen-bond acceptors (Lipinski definition) is 8. The molecule has 10 heteroatoms. The Kier molecular flexibility index (Phi) is 9.19. The molecule has 2 amide bonds. The standard InChI is InChI=1S/C25H26N2O7S/c1-3-32-25(31)18-15-20(17-9-5-4-6-10-17)35-24(18)27-22(29)16(2)34-21(28)12-7-13-26-23(30)19-11-8-14-33-19/h4-6,8-11,14-16H,3,7,12-13H2,1-2H3,(H,26,30)(H,27,29). The van der Waals surface area contributed by atoms with E-state index in [4.69, 9.17) is 13.9 Å². The maximum atomic E-state index is 12.7. The van der Waals surface area contributed by atoms with E-state index in [9.17, 15) is 19.2 Å². The number of hydrogen-bond donors (Lipinski definition) is 2. The van der Waals surface area contributed by atoms with Crippen molar-refractivity contribution in [3.63, 3.8) is 0 Å². The van der Waals surface area contributed by atoms with E-state index in [1.165, 1.54) is 30.6 Å². The molecule has 1 atom stereocenters. The Morgan fingerprint density at radius 3 is 2.54 bits per heavy atom. The van der Waals surface area contributed by atoms with Crippen molar-refractivity contribution >= 4 is 40.1 Å². The lowest BCUT2D eigenvalue weighted by Gasteiger charge is -2.13. The summed E-state index contributed by atoms with van der Waals surface area (Å²) >= 11 is 1.23. The van der Waals surface area contributed by atoms with Gasteiger partial charge >= 0.3 is 11.9 Å². The lowest BCUT2D eigenvalue weighted by Crippen LogP contribution is -2.30. The molecule has 0 spiro atoms. The van der Waals surface area contributed by atoms with Gasteiger partial charge in [0.2, 0.25) is 0 Å². The molecule has 0 saturated heterocycles. The fourth-order valence-electron chi connectivity index (χ4n) is 3.04. The van der Waals surface area contributed by atoms with Crippen LogP contribution in [0.2, 0.25) is 0 Å². The van der Waals surface area contributed by atoms with E-state index in [1.807, 2.05) is 30.3 Å². The summed E-state index contributed by atoms with van der Waals surface area (Å²) in [7, 11) is 0. The van der Waals surface area contributed by atoms with Gasteiger partial charge in [-0.15, -0.1) is 11.3 Å². The highest BCUT2D eigenvalue weighted by atomic mass is 32.1. The summed E-state index contributed by atoms with van der Waals surface area (Å²) in [6, 6.07) is 14.2. The van der Waals surface area contributed by atoms with Crippen molar-refractivity contribution in [1.82, 2.24) is 5.32 Å². The number of furan rings is 1. The minimum Gasteiger partial charge on any atom is -0.462 e. The molecule has 2 aromatic heterocycles. The average Bonchev–Trinajstić information content (AvgIpc) is 3.53. The zero-order valence-electron chi connectivity index (χ0n) is 19.4. The maximum absolute atomic E-state index is 12.7. The van der Waals surface area contributed by atoms with Crippen LogP contribution in [0.15, 0.2) is 59.2 Å². The van der Waals surface area contributed by atoms with Crippen molar-refractivity contribution in [2.75, 3.05) is 18.5 Å². The SMILES string of the molecule is CCOC(=O)c1cc(-c2ccccc2)sc1NC(=O)C(C)OC(=O)CCCNC(=O)c1ccco1.